The summed E-state index contributed by atoms with van der Waals surface area (Å²) in [6.07, 6.45) is 27.4. The van der Waals surface area contributed by atoms with Gasteiger partial charge in [-0.1, -0.05) is 158 Å². The summed E-state index contributed by atoms with van der Waals surface area (Å²) in [5, 5.41) is 0. The van der Waals surface area contributed by atoms with Crippen LogP contribution in [0.5, 0.6) is 0 Å². The van der Waals surface area contributed by atoms with Gasteiger partial charge in [-0.3, -0.25) is 19.2 Å². The molecule has 4 saturated carbocycles. The van der Waals surface area contributed by atoms with Crippen LogP contribution in [0, 0.1) is 33.5 Å². The second-order valence-corrected chi connectivity index (χ2v) is 21.4. The van der Waals surface area contributed by atoms with E-state index < -0.39 is 16.2 Å². The van der Waals surface area contributed by atoms with Gasteiger partial charge < -0.3 is 37.9 Å². The fourth-order valence-corrected chi connectivity index (χ4v) is 7.34. The molecular weight excluding hydrogens is 925 g/mol. The second kappa shape index (κ2) is 48.1. The molecule has 0 radical (unpaired) electrons. The van der Waals surface area contributed by atoms with Crippen LogP contribution in [0.2, 0.25) is 0 Å². The van der Waals surface area contributed by atoms with Crippen LogP contribution < -0.4 is 0 Å². The number of ether oxygens (including phenoxy) is 8. The Morgan fingerprint density at radius 3 is 0.795 bits per heavy atom. The highest BCUT2D eigenvalue weighted by atomic mass is 16.7. The molecule has 0 spiro atoms. The zero-order valence-electron chi connectivity index (χ0n) is 43.7. The van der Waals surface area contributed by atoms with Gasteiger partial charge in [-0.15, -0.1) is 0 Å². The predicted octanol–water partition coefficient (Wildman–Crippen LogP) is 18.3. The normalized spacial score (nSPS) is 16.2. The van der Waals surface area contributed by atoms with Crippen LogP contribution in [-0.2, 0) is 57.1 Å². The zero-order chi connectivity index (χ0) is 48.8. The lowest BCUT2D eigenvalue weighted by molar-refractivity contribution is -0.172. The van der Waals surface area contributed by atoms with E-state index in [1.807, 2.05) is 83.1 Å². The summed E-state index contributed by atoms with van der Waals surface area (Å²) >= 11 is 0. The minimum atomic E-state index is -0.396. The highest BCUT2D eigenvalue weighted by Gasteiger charge is 2.30. The molecule has 12 nitrogen and oxygen atoms in total. The molecule has 4 aliphatic rings. The van der Waals surface area contributed by atoms with E-state index in [0.717, 1.165) is 64.6 Å². The Labute approximate surface area is 455 Å². The van der Waals surface area contributed by atoms with E-state index in [4.69, 9.17) is 37.9 Å². The van der Waals surface area contributed by atoms with Crippen molar-refractivity contribution in [3.05, 3.63) is 0 Å². The van der Waals surface area contributed by atoms with Gasteiger partial charge in [0.05, 0.1) is 47.1 Å². The summed E-state index contributed by atoms with van der Waals surface area (Å²) in [6, 6.07) is 0. The molecule has 0 aromatic carbocycles. The maximum Gasteiger partial charge on any atom is 0.313 e. The minimum absolute atomic E-state index is 0. The van der Waals surface area contributed by atoms with Crippen LogP contribution in [0.1, 0.15) is 290 Å². The third-order valence-electron chi connectivity index (χ3n) is 14.3. The quantitative estimate of drug-likeness (QED) is 0.0335. The topological polar surface area (TPSA) is 142 Å². The average molecular weight is 1060 g/mol. The molecule has 0 amide bonds. The van der Waals surface area contributed by atoms with Gasteiger partial charge in [-0.2, -0.15) is 0 Å². The van der Waals surface area contributed by atoms with Gasteiger partial charge >= 0.3 is 23.9 Å². The van der Waals surface area contributed by atoms with Crippen molar-refractivity contribution in [2.24, 2.45) is 33.5 Å². The molecule has 0 unspecified atom stereocenters. The van der Waals surface area contributed by atoms with Crippen LogP contribution in [0.4, 0.5) is 0 Å². The van der Waals surface area contributed by atoms with E-state index in [1.54, 1.807) is 0 Å². The summed E-state index contributed by atoms with van der Waals surface area (Å²) in [5.74, 6) is 0.696. The van der Waals surface area contributed by atoms with E-state index in [1.165, 1.54) is 96.3 Å². The standard InChI is InChI=1S/2C14H26O3.C13H24O3.C12H22O3.8CH4/c1-4-14(2,3)13(15)17-11-16-10-12-8-6-5-7-9-12;1-4-14(2,3)13(15)17-11-16-12-9-7-5-6-8-10-12;1-4-13(2,3)12(14)16-10-15-9-11-7-5-6-8-11;1-4-12(2,3)11(13)15-9-14-10-7-5-6-8-10;;;;;;;;/h2*12H,4-11H2,1-3H3;11H,4-10H2,1-3H3;10H,4-9H2,1-3H3;8*1H4. The molecule has 0 aromatic heterocycles. The van der Waals surface area contributed by atoms with E-state index in [2.05, 4.69) is 0 Å². The maximum atomic E-state index is 11.7. The van der Waals surface area contributed by atoms with Crippen molar-refractivity contribution in [1.29, 1.82) is 0 Å². The molecule has 0 aliphatic heterocycles. The summed E-state index contributed by atoms with van der Waals surface area (Å²) in [7, 11) is 0. The van der Waals surface area contributed by atoms with Crippen LogP contribution in [0.3, 0.4) is 0 Å². The molecule has 4 rings (SSSR count). The molecule has 0 saturated heterocycles. The monoisotopic (exact) mass is 1050 g/mol. The number of carbonyl (C=O) groups is 4. The van der Waals surface area contributed by atoms with Gasteiger partial charge in [0.15, 0.2) is 27.2 Å². The number of hydrogen-bond acceptors (Lipinski definition) is 12. The predicted molar refractivity (Wildman–Crippen MR) is 310 cm³/mol. The lowest BCUT2D eigenvalue weighted by atomic mass is 9.90. The molecule has 4 fully saturated rings. The Bertz CT molecular complexity index is 1270. The van der Waals surface area contributed by atoms with Crippen molar-refractivity contribution in [2.45, 2.75) is 302 Å². The molecular formula is C61H130O12. The minimum Gasteiger partial charge on any atom is -0.438 e. The lowest BCUT2D eigenvalue weighted by Gasteiger charge is -2.23. The molecule has 0 N–H and O–H groups in total. The molecule has 12 heteroatoms. The van der Waals surface area contributed by atoms with E-state index in [-0.39, 0.29) is 122 Å². The smallest absolute Gasteiger partial charge is 0.313 e. The van der Waals surface area contributed by atoms with Crippen LogP contribution >= 0.6 is 0 Å². The number of esters is 4. The Hall–Kier alpha value is -2.28. The third kappa shape index (κ3) is 38.8. The summed E-state index contributed by atoms with van der Waals surface area (Å²) in [4.78, 5) is 46.5. The molecule has 73 heavy (non-hydrogen) atoms. The van der Waals surface area contributed by atoms with Crippen molar-refractivity contribution < 1.29 is 57.1 Å². The molecule has 446 valence electrons. The van der Waals surface area contributed by atoms with Crippen molar-refractivity contribution in [3.8, 4) is 0 Å². The molecule has 0 aromatic rings. The Kier molecular flexibility index (Phi) is 57.6. The van der Waals surface area contributed by atoms with Crippen molar-refractivity contribution in [3.63, 3.8) is 0 Å². The first kappa shape index (κ1) is 87.4. The highest BCUT2D eigenvalue weighted by Crippen LogP contribution is 2.28. The summed E-state index contributed by atoms with van der Waals surface area (Å²) in [6.45, 7) is 25.1. The lowest BCUT2D eigenvalue weighted by Crippen LogP contribution is -2.27. The van der Waals surface area contributed by atoms with Crippen molar-refractivity contribution in [2.75, 3.05) is 40.4 Å². The first-order valence-electron chi connectivity index (χ1n) is 25.8. The van der Waals surface area contributed by atoms with E-state index in [9.17, 15) is 19.2 Å². The van der Waals surface area contributed by atoms with Gasteiger partial charge in [0.1, 0.15) is 0 Å². The molecule has 0 heterocycles. The van der Waals surface area contributed by atoms with E-state index >= 15 is 0 Å². The van der Waals surface area contributed by atoms with E-state index in [0.29, 0.717) is 17.9 Å². The molecule has 4 aliphatic carbocycles. The van der Waals surface area contributed by atoms with Gasteiger partial charge in [0.2, 0.25) is 0 Å². The summed E-state index contributed by atoms with van der Waals surface area (Å²) in [5.41, 5.74) is -1.57. The van der Waals surface area contributed by atoms with Crippen LogP contribution in [0.25, 0.3) is 0 Å². The van der Waals surface area contributed by atoms with Crippen LogP contribution in [-0.4, -0.2) is 76.5 Å². The fraction of sp³-hybridized carbons (Fsp3) is 0.934. The van der Waals surface area contributed by atoms with Gasteiger partial charge in [-0.25, -0.2) is 0 Å². The third-order valence-corrected chi connectivity index (χ3v) is 14.3. The first-order valence-corrected chi connectivity index (χ1v) is 25.8. The fourth-order valence-electron chi connectivity index (χ4n) is 7.34. The zero-order valence-corrected chi connectivity index (χ0v) is 43.7. The van der Waals surface area contributed by atoms with Crippen molar-refractivity contribution >= 4 is 23.9 Å². The Balaban J connectivity index is -0.000000124. The number of hydrogen-bond donors (Lipinski definition) is 0. The maximum absolute atomic E-state index is 11.7. The Morgan fingerprint density at radius 1 is 0.329 bits per heavy atom. The highest BCUT2D eigenvalue weighted by molar-refractivity contribution is 5.76. The SMILES string of the molecule is C.C.C.C.C.C.C.C.CCC(C)(C)C(=O)OCOC1CCCC1.CCC(C)(C)C(=O)OCOC1CCCCCC1.CCC(C)(C)C(=O)OCOCC1CCCC1.CCC(C)(C)C(=O)OCOCC1CCCCC1. The summed E-state index contributed by atoms with van der Waals surface area (Å²) < 4.78 is 42.4. The van der Waals surface area contributed by atoms with Gasteiger partial charge in [0.25, 0.3) is 0 Å². The second-order valence-electron chi connectivity index (χ2n) is 21.4. The van der Waals surface area contributed by atoms with Crippen LogP contribution in [0.15, 0.2) is 0 Å². The largest absolute Gasteiger partial charge is 0.438 e. The average Bonchev–Trinajstić information content (AvgIpc) is 3.97. The Morgan fingerprint density at radius 2 is 0.534 bits per heavy atom. The van der Waals surface area contributed by atoms with Crippen molar-refractivity contribution in [1.82, 2.24) is 0 Å². The van der Waals surface area contributed by atoms with Gasteiger partial charge in [0, 0.05) is 0 Å². The molecule has 0 atom stereocenters. The first-order chi connectivity index (χ1) is 30.7. The number of rotatable bonds is 22. The number of carbonyl (C=O) groups excluding carboxylic acids is 4. The molecule has 0 bridgehead atoms. The van der Waals surface area contributed by atoms with Gasteiger partial charge in [-0.05, 0) is 144 Å².